The van der Waals surface area contributed by atoms with Gasteiger partial charge in [-0.3, -0.25) is 4.79 Å². The lowest BCUT2D eigenvalue weighted by Crippen LogP contribution is -2.01. The van der Waals surface area contributed by atoms with Crippen LogP contribution in [0.15, 0.2) is 54.8 Å². The zero-order chi connectivity index (χ0) is 14.4. The van der Waals surface area contributed by atoms with Crippen LogP contribution in [-0.4, -0.2) is 10.8 Å². The molecule has 0 saturated carbocycles. The van der Waals surface area contributed by atoms with Gasteiger partial charge < -0.3 is 4.98 Å². The molecule has 1 rings (SSSR count). The summed E-state index contributed by atoms with van der Waals surface area (Å²) >= 11 is 0. The molecule has 0 radical (unpaired) electrons. The molecule has 18 heavy (non-hydrogen) atoms. The maximum Gasteiger partial charge on any atom is 0.209 e. The number of Topliss-reactive ketones (excluding diaryl/α,β-unsaturated/α-hetero) is 1. The summed E-state index contributed by atoms with van der Waals surface area (Å²) in [5, 5.41) is 0. The smallest absolute Gasteiger partial charge is 0.209 e. The third-order valence-corrected chi connectivity index (χ3v) is 1.75. The molecule has 0 unspecified atom stereocenters. The first kappa shape index (κ1) is 18.5. The highest BCUT2D eigenvalue weighted by molar-refractivity contribution is 6.09. The normalized spacial score (nSPS) is 9.94. The molecule has 1 heterocycles. The summed E-state index contributed by atoms with van der Waals surface area (Å²) in [6.07, 6.45) is 8.63. The van der Waals surface area contributed by atoms with Gasteiger partial charge in [0.1, 0.15) is 0 Å². The number of aromatic amines is 1. The van der Waals surface area contributed by atoms with Gasteiger partial charge >= 0.3 is 0 Å². The van der Waals surface area contributed by atoms with E-state index in [9.17, 15) is 4.79 Å². The topological polar surface area (TPSA) is 32.9 Å². The van der Waals surface area contributed by atoms with E-state index in [1.54, 1.807) is 36.6 Å². The van der Waals surface area contributed by atoms with Gasteiger partial charge in [-0.05, 0) is 19.1 Å². The maximum absolute atomic E-state index is 11.8. The van der Waals surface area contributed by atoms with Crippen molar-refractivity contribution in [2.75, 3.05) is 0 Å². The summed E-state index contributed by atoms with van der Waals surface area (Å²) in [5.41, 5.74) is 1.22. The summed E-state index contributed by atoms with van der Waals surface area (Å²) in [5.74, 6) is -0.0204. The quantitative estimate of drug-likeness (QED) is 0.456. The van der Waals surface area contributed by atoms with Gasteiger partial charge in [-0.15, -0.1) is 0 Å². The van der Waals surface area contributed by atoms with Crippen molar-refractivity contribution in [3.63, 3.8) is 0 Å². The van der Waals surface area contributed by atoms with Gasteiger partial charge in [0.25, 0.3) is 0 Å². The number of carbonyl (C=O) groups is 1. The summed E-state index contributed by atoms with van der Waals surface area (Å²) in [7, 11) is 0. The third-order valence-electron chi connectivity index (χ3n) is 1.75. The van der Waals surface area contributed by atoms with Crippen LogP contribution >= 0.6 is 0 Å². The molecular formula is C16H25NO. The molecule has 0 aromatic carbocycles. The van der Waals surface area contributed by atoms with Crippen LogP contribution < -0.4 is 0 Å². The van der Waals surface area contributed by atoms with E-state index in [2.05, 4.69) is 11.6 Å². The molecule has 2 nitrogen and oxygen atoms in total. The minimum absolute atomic E-state index is 0.0204. The van der Waals surface area contributed by atoms with E-state index in [0.717, 1.165) is 0 Å². The molecule has 0 aliphatic carbocycles. The minimum Gasteiger partial charge on any atom is -0.359 e. The van der Waals surface area contributed by atoms with E-state index in [4.69, 9.17) is 0 Å². The van der Waals surface area contributed by atoms with Gasteiger partial charge in [0, 0.05) is 11.8 Å². The predicted molar refractivity (Wildman–Crippen MR) is 80.9 cm³/mol. The van der Waals surface area contributed by atoms with Crippen LogP contribution in [0.1, 0.15) is 45.1 Å². The Balaban J connectivity index is 0. The van der Waals surface area contributed by atoms with Crippen LogP contribution in [0.2, 0.25) is 0 Å². The SMILES string of the molecule is C=C/C=C(\C=C/C)C(=O)c1ccc[nH]1.CC.CC. The van der Waals surface area contributed by atoms with Crippen molar-refractivity contribution in [2.45, 2.75) is 34.6 Å². The lowest BCUT2D eigenvalue weighted by atomic mass is 10.1. The first-order valence-electron chi connectivity index (χ1n) is 6.43. The van der Waals surface area contributed by atoms with Gasteiger partial charge in [0.15, 0.2) is 0 Å². The molecule has 1 aromatic rings. The molecule has 0 amide bonds. The number of nitrogens with one attached hydrogen (secondary N) is 1. The number of rotatable bonds is 4. The number of hydrogen-bond donors (Lipinski definition) is 1. The largest absolute Gasteiger partial charge is 0.359 e. The lowest BCUT2D eigenvalue weighted by Gasteiger charge is -1.97. The Morgan fingerprint density at radius 2 is 1.89 bits per heavy atom. The second-order valence-corrected chi connectivity index (χ2v) is 2.77. The van der Waals surface area contributed by atoms with Crippen molar-refractivity contribution in [1.82, 2.24) is 4.98 Å². The van der Waals surface area contributed by atoms with E-state index >= 15 is 0 Å². The molecule has 0 saturated heterocycles. The van der Waals surface area contributed by atoms with E-state index < -0.39 is 0 Å². The molecule has 0 atom stereocenters. The summed E-state index contributed by atoms with van der Waals surface area (Å²) < 4.78 is 0. The molecule has 0 spiro atoms. The molecule has 1 N–H and O–H groups in total. The monoisotopic (exact) mass is 247 g/mol. The minimum atomic E-state index is -0.0204. The van der Waals surface area contributed by atoms with Crippen molar-refractivity contribution in [3.05, 3.63) is 60.5 Å². The van der Waals surface area contributed by atoms with Crippen molar-refractivity contribution >= 4 is 5.78 Å². The Morgan fingerprint density at radius 3 is 2.28 bits per heavy atom. The molecular weight excluding hydrogens is 222 g/mol. The summed E-state index contributed by atoms with van der Waals surface area (Å²) in [6, 6.07) is 3.55. The Labute approximate surface area is 111 Å². The van der Waals surface area contributed by atoms with E-state index in [-0.39, 0.29) is 5.78 Å². The van der Waals surface area contributed by atoms with Crippen LogP contribution in [0.5, 0.6) is 0 Å². The summed E-state index contributed by atoms with van der Waals surface area (Å²) in [6.45, 7) is 13.4. The first-order valence-corrected chi connectivity index (χ1v) is 6.43. The second kappa shape index (κ2) is 13.2. The average molecular weight is 247 g/mol. The maximum atomic E-state index is 11.8. The Hall–Kier alpha value is -1.83. The lowest BCUT2D eigenvalue weighted by molar-refractivity contribution is 0.103. The highest BCUT2D eigenvalue weighted by Crippen LogP contribution is 2.07. The van der Waals surface area contributed by atoms with Gasteiger partial charge in [0.2, 0.25) is 5.78 Å². The predicted octanol–water partition coefficient (Wildman–Crippen LogP) is 4.94. The van der Waals surface area contributed by atoms with Crippen LogP contribution in [-0.2, 0) is 0 Å². The fraction of sp³-hybridized carbons (Fsp3) is 0.312. The number of hydrogen-bond acceptors (Lipinski definition) is 1. The fourth-order valence-corrected chi connectivity index (χ4v) is 1.14. The van der Waals surface area contributed by atoms with Crippen molar-refractivity contribution in [1.29, 1.82) is 0 Å². The Bertz CT molecular complexity index is 370. The average Bonchev–Trinajstić information content (AvgIpc) is 2.96. The molecule has 0 fully saturated rings. The van der Waals surface area contributed by atoms with Gasteiger partial charge in [0.05, 0.1) is 5.69 Å². The first-order chi connectivity index (χ1) is 8.79. The van der Waals surface area contributed by atoms with Crippen LogP contribution in [0, 0.1) is 0 Å². The van der Waals surface area contributed by atoms with Gasteiger partial charge in [-0.2, -0.15) is 0 Å². The standard InChI is InChI=1S/C12H13NO.2C2H6/c1-3-6-10(7-4-2)12(14)11-8-5-9-13-11;2*1-2/h3-9,13H,1H2,2H3;2*1-2H3/b7-4-,10-6+;;. The van der Waals surface area contributed by atoms with Crippen molar-refractivity contribution < 1.29 is 4.79 Å². The van der Waals surface area contributed by atoms with Gasteiger partial charge in [-0.1, -0.05) is 58.6 Å². The van der Waals surface area contributed by atoms with Crippen LogP contribution in [0.25, 0.3) is 0 Å². The molecule has 2 heteroatoms. The molecule has 1 aromatic heterocycles. The van der Waals surface area contributed by atoms with Gasteiger partial charge in [-0.25, -0.2) is 0 Å². The number of H-pyrrole nitrogens is 1. The number of allylic oxidation sites excluding steroid dienone is 5. The fourth-order valence-electron chi connectivity index (χ4n) is 1.14. The number of carbonyl (C=O) groups excluding carboxylic acids is 1. The van der Waals surface area contributed by atoms with Crippen molar-refractivity contribution in [2.24, 2.45) is 0 Å². The number of aromatic nitrogens is 1. The number of ketones is 1. The highest BCUT2D eigenvalue weighted by atomic mass is 16.1. The van der Waals surface area contributed by atoms with E-state index in [0.29, 0.717) is 11.3 Å². The van der Waals surface area contributed by atoms with E-state index in [1.165, 1.54) is 0 Å². The molecule has 0 bridgehead atoms. The molecule has 0 aliphatic heterocycles. The Morgan fingerprint density at radius 1 is 1.28 bits per heavy atom. The summed E-state index contributed by atoms with van der Waals surface area (Å²) in [4.78, 5) is 14.7. The third kappa shape index (κ3) is 6.69. The van der Waals surface area contributed by atoms with Crippen LogP contribution in [0.4, 0.5) is 0 Å². The second-order valence-electron chi connectivity index (χ2n) is 2.77. The molecule has 100 valence electrons. The van der Waals surface area contributed by atoms with Crippen LogP contribution in [0.3, 0.4) is 0 Å². The van der Waals surface area contributed by atoms with Crippen molar-refractivity contribution in [3.8, 4) is 0 Å². The zero-order valence-corrected chi connectivity index (χ0v) is 12.2. The zero-order valence-electron chi connectivity index (χ0n) is 12.2. The highest BCUT2D eigenvalue weighted by Gasteiger charge is 2.08. The van der Waals surface area contributed by atoms with E-state index in [1.807, 2.05) is 40.7 Å². The Kier molecular flexibility index (Phi) is 13.6. The molecule has 0 aliphatic rings.